The maximum atomic E-state index is 12.6. The lowest BCUT2D eigenvalue weighted by Gasteiger charge is -2.09. The first kappa shape index (κ1) is 22.2. The number of aryl methyl sites for hydroxylation is 3. The Kier molecular flexibility index (Phi) is 6.68. The van der Waals surface area contributed by atoms with Gasteiger partial charge in [0.15, 0.2) is 0 Å². The molecule has 0 spiro atoms. The fraction of sp³-hybridized carbons (Fsp3) is 0.154. The summed E-state index contributed by atoms with van der Waals surface area (Å²) in [6, 6.07) is 21.1. The minimum Gasteiger partial charge on any atom is -0.441 e. The zero-order valence-electron chi connectivity index (χ0n) is 18.1. The molecule has 4 nitrogen and oxygen atoms in total. The first-order valence-electron chi connectivity index (χ1n) is 10.2. The highest BCUT2D eigenvalue weighted by Gasteiger charge is 2.14. The molecule has 4 aromatic rings. The van der Waals surface area contributed by atoms with Crippen molar-refractivity contribution in [1.82, 2.24) is 4.98 Å². The number of thioether (sulfide) groups is 1. The van der Waals surface area contributed by atoms with E-state index in [-0.39, 0.29) is 5.91 Å². The first-order valence-corrected chi connectivity index (χ1v) is 11.6. The summed E-state index contributed by atoms with van der Waals surface area (Å²) in [6.07, 6.45) is 0. The minimum atomic E-state index is -0.194. The summed E-state index contributed by atoms with van der Waals surface area (Å²) in [4.78, 5) is 18.5. The van der Waals surface area contributed by atoms with Crippen LogP contribution in [0.25, 0.3) is 11.5 Å². The summed E-state index contributed by atoms with van der Waals surface area (Å²) in [5.74, 6) is 1.90. The van der Waals surface area contributed by atoms with Crippen LogP contribution in [0.5, 0.6) is 0 Å². The monoisotopic (exact) mass is 462 g/mol. The van der Waals surface area contributed by atoms with E-state index in [1.165, 1.54) is 10.5 Å². The third kappa shape index (κ3) is 5.23. The lowest BCUT2D eigenvalue weighted by molar-refractivity contribution is 0.102. The topological polar surface area (TPSA) is 55.1 Å². The zero-order chi connectivity index (χ0) is 22.7. The van der Waals surface area contributed by atoms with Crippen molar-refractivity contribution in [2.75, 3.05) is 5.32 Å². The van der Waals surface area contributed by atoms with E-state index in [1.54, 1.807) is 36.0 Å². The van der Waals surface area contributed by atoms with Crippen LogP contribution in [0.4, 0.5) is 5.69 Å². The maximum Gasteiger partial charge on any atom is 0.255 e. The Labute approximate surface area is 197 Å². The molecule has 0 unspecified atom stereocenters. The van der Waals surface area contributed by atoms with Gasteiger partial charge in [-0.2, -0.15) is 0 Å². The van der Waals surface area contributed by atoms with Gasteiger partial charge in [0.2, 0.25) is 5.89 Å². The predicted octanol–water partition coefficient (Wildman–Crippen LogP) is 7.46. The molecule has 3 aromatic carbocycles. The molecule has 0 bridgehead atoms. The van der Waals surface area contributed by atoms with Crippen LogP contribution in [0.2, 0.25) is 5.02 Å². The lowest BCUT2D eigenvalue weighted by Crippen LogP contribution is -2.12. The maximum absolute atomic E-state index is 12.6. The molecule has 0 saturated carbocycles. The first-order chi connectivity index (χ1) is 15.4. The standard InChI is InChI=1S/C26H23ClN2O2S/c1-16-4-12-22(13-5-16)32-15-24-18(3)31-26(29-24)20-9-7-19(8-10-20)25(30)28-23-14-21(27)11-6-17(23)2/h4-14H,15H2,1-3H3,(H,28,30). The van der Waals surface area contributed by atoms with E-state index in [2.05, 4.69) is 41.5 Å². The van der Waals surface area contributed by atoms with Gasteiger partial charge in [-0.1, -0.05) is 35.4 Å². The Morgan fingerprint density at radius 1 is 1.00 bits per heavy atom. The van der Waals surface area contributed by atoms with Gasteiger partial charge in [0.05, 0.1) is 5.69 Å². The average molecular weight is 463 g/mol. The molecular formula is C26H23ClN2O2S. The summed E-state index contributed by atoms with van der Waals surface area (Å²) >= 11 is 7.77. The van der Waals surface area contributed by atoms with E-state index >= 15 is 0 Å². The van der Waals surface area contributed by atoms with Crippen molar-refractivity contribution in [2.24, 2.45) is 0 Å². The molecular weight excluding hydrogens is 440 g/mol. The van der Waals surface area contributed by atoms with Crippen LogP contribution in [0, 0.1) is 20.8 Å². The van der Waals surface area contributed by atoms with Crippen LogP contribution in [0.1, 0.15) is 32.9 Å². The highest BCUT2D eigenvalue weighted by molar-refractivity contribution is 7.98. The van der Waals surface area contributed by atoms with Gasteiger partial charge in [-0.15, -0.1) is 11.8 Å². The minimum absolute atomic E-state index is 0.194. The van der Waals surface area contributed by atoms with Crippen molar-refractivity contribution in [3.63, 3.8) is 0 Å². The van der Waals surface area contributed by atoms with Crippen molar-refractivity contribution in [2.45, 2.75) is 31.4 Å². The number of nitrogens with zero attached hydrogens (tertiary/aromatic N) is 1. The van der Waals surface area contributed by atoms with Crippen molar-refractivity contribution in [3.05, 3.63) is 99.9 Å². The molecule has 0 fully saturated rings. The average Bonchev–Trinajstić information content (AvgIpc) is 3.16. The number of hydrogen-bond acceptors (Lipinski definition) is 4. The summed E-state index contributed by atoms with van der Waals surface area (Å²) < 4.78 is 5.89. The molecule has 1 aromatic heterocycles. The van der Waals surface area contributed by atoms with E-state index in [9.17, 15) is 4.79 Å². The Balaban J connectivity index is 1.44. The summed E-state index contributed by atoms with van der Waals surface area (Å²) in [7, 11) is 0. The van der Waals surface area contributed by atoms with Crippen LogP contribution >= 0.6 is 23.4 Å². The van der Waals surface area contributed by atoms with Crippen molar-refractivity contribution < 1.29 is 9.21 Å². The van der Waals surface area contributed by atoms with Crippen molar-refractivity contribution in [3.8, 4) is 11.5 Å². The highest BCUT2D eigenvalue weighted by atomic mass is 35.5. The van der Waals surface area contributed by atoms with Gasteiger partial charge in [0.25, 0.3) is 5.91 Å². The SMILES string of the molecule is Cc1ccc(SCc2nc(-c3ccc(C(=O)Nc4cc(Cl)ccc4C)cc3)oc2C)cc1. The summed E-state index contributed by atoms with van der Waals surface area (Å²) in [5, 5.41) is 3.49. The molecule has 6 heteroatoms. The molecule has 32 heavy (non-hydrogen) atoms. The molecule has 0 atom stereocenters. The second kappa shape index (κ2) is 9.63. The molecule has 0 radical (unpaired) electrons. The smallest absolute Gasteiger partial charge is 0.255 e. The second-order valence-corrected chi connectivity index (χ2v) is 9.10. The Morgan fingerprint density at radius 2 is 1.72 bits per heavy atom. The van der Waals surface area contributed by atoms with Crippen LogP contribution in [0.3, 0.4) is 0 Å². The molecule has 0 saturated heterocycles. The number of rotatable bonds is 6. The number of oxazole rings is 1. The van der Waals surface area contributed by atoms with Crippen LogP contribution in [0.15, 0.2) is 76.0 Å². The molecule has 4 rings (SSSR count). The number of anilines is 1. The van der Waals surface area contributed by atoms with Crippen LogP contribution in [-0.4, -0.2) is 10.9 Å². The van der Waals surface area contributed by atoms with Gasteiger partial charge in [0.1, 0.15) is 5.76 Å². The van der Waals surface area contributed by atoms with Crippen LogP contribution < -0.4 is 5.32 Å². The normalized spacial score (nSPS) is 10.9. The third-order valence-corrected chi connectivity index (χ3v) is 6.39. The largest absolute Gasteiger partial charge is 0.441 e. The van der Waals surface area contributed by atoms with E-state index in [4.69, 9.17) is 16.0 Å². The van der Waals surface area contributed by atoms with E-state index in [1.807, 2.05) is 32.0 Å². The van der Waals surface area contributed by atoms with Gasteiger partial charge < -0.3 is 9.73 Å². The predicted molar refractivity (Wildman–Crippen MR) is 132 cm³/mol. The molecule has 1 heterocycles. The number of carbonyl (C=O) groups is 1. The molecule has 1 N–H and O–H groups in total. The number of nitrogens with one attached hydrogen (secondary N) is 1. The number of halogens is 1. The van der Waals surface area contributed by atoms with Gasteiger partial charge in [0, 0.05) is 32.5 Å². The van der Waals surface area contributed by atoms with Gasteiger partial charge >= 0.3 is 0 Å². The number of hydrogen-bond donors (Lipinski definition) is 1. The fourth-order valence-corrected chi connectivity index (χ4v) is 4.23. The molecule has 0 aliphatic carbocycles. The quantitative estimate of drug-likeness (QED) is 0.302. The van der Waals surface area contributed by atoms with Gasteiger partial charge in [-0.05, 0) is 74.9 Å². The lowest BCUT2D eigenvalue weighted by atomic mass is 10.1. The molecule has 0 aliphatic rings. The van der Waals surface area contributed by atoms with E-state index in [0.717, 1.165) is 28.3 Å². The fourth-order valence-electron chi connectivity index (χ4n) is 3.16. The molecule has 162 valence electrons. The zero-order valence-corrected chi connectivity index (χ0v) is 19.7. The Hall–Kier alpha value is -3.02. The van der Waals surface area contributed by atoms with Gasteiger partial charge in [-0.25, -0.2) is 4.98 Å². The summed E-state index contributed by atoms with van der Waals surface area (Å²) in [5.41, 5.74) is 5.19. The Bertz CT molecular complexity index is 1250. The van der Waals surface area contributed by atoms with E-state index < -0.39 is 0 Å². The van der Waals surface area contributed by atoms with Gasteiger partial charge in [-0.3, -0.25) is 4.79 Å². The number of carbonyl (C=O) groups excluding carboxylic acids is 1. The highest BCUT2D eigenvalue weighted by Crippen LogP contribution is 2.28. The second-order valence-electron chi connectivity index (χ2n) is 7.61. The van der Waals surface area contributed by atoms with Crippen molar-refractivity contribution in [1.29, 1.82) is 0 Å². The molecule has 0 aliphatic heterocycles. The third-order valence-electron chi connectivity index (χ3n) is 5.13. The van der Waals surface area contributed by atoms with Crippen molar-refractivity contribution >= 4 is 35.0 Å². The molecule has 1 amide bonds. The number of amides is 1. The number of aromatic nitrogens is 1. The summed E-state index contributed by atoms with van der Waals surface area (Å²) in [6.45, 7) is 5.93. The number of benzene rings is 3. The Morgan fingerprint density at radius 3 is 2.44 bits per heavy atom. The van der Waals surface area contributed by atoms with Crippen LogP contribution in [-0.2, 0) is 5.75 Å². The van der Waals surface area contributed by atoms with E-state index in [0.29, 0.717) is 22.2 Å².